The van der Waals surface area contributed by atoms with E-state index in [1.165, 1.54) is 12.3 Å². The molecule has 4 nitrogen and oxygen atoms in total. The summed E-state index contributed by atoms with van der Waals surface area (Å²) >= 11 is 5.66. The highest BCUT2D eigenvalue weighted by Crippen LogP contribution is 2.31. The molecule has 74 valence electrons. The zero-order chi connectivity index (χ0) is 10.1. The Kier molecular flexibility index (Phi) is 2.29. The fourth-order valence-corrected chi connectivity index (χ4v) is 1.31. The van der Waals surface area contributed by atoms with E-state index in [0.717, 1.165) is 12.8 Å². The van der Waals surface area contributed by atoms with Crippen LogP contribution >= 0.6 is 11.6 Å². The van der Waals surface area contributed by atoms with Crippen LogP contribution in [0, 0.1) is 0 Å². The van der Waals surface area contributed by atoms with Gasteiger partial charge in [-0.25, -0.2) is 9.78 Å². The van der Waals surface area contributed by atoms with Crippen molar-refractivity contribution in [3.8, 4) is 5.75 Å². The van der Waals surface area contributed by atoms with Gasteiger partial charge >= 0.3 is 5.97 Å². The van der Waals surface area contributed by atoms with Crippen LogP contribution in [0.25, 0.3) is 0 Å². The number of pyridine rings is 1. The number of hydrogen-bond acceptors (Lipinski definition) is 3. The van der Waals surface area contributed by atoms with Crippen LogP contribution in [0.2, 0.25) is 5.15 Å². The van der Waals surface area contributed by atoms with Crippen LogP contribution in [0.4, 0.5) is 0 Å². The standard InChI is InChI=1S/C9H8ClNO3/c10-8-7(9(12)13)6(3-4-11-8)14-5-1-2-5/h3-5H,1-2H2,(H,12,13). The van der Waals surface area contributed by atoms with E-state index < -0.39 is 5.97 Å². The fraction of sp³-hybridized carbons (Fsp3) is 0.333. The zero-order valence-corrected chi connectivity index (χ0v) is 7.99. The van der Waals surface area contributed by atoms with Gasteiger partial charge in [-0.15, -0.1) is 0 Å². The van der Waals surface area contributed by atoms with Crippen molar-refractivity contribution in [1.82, 2.24) is 4.98 Å². The van der Waals surface area contributed by atoms with E-state index in [9.17, 15) is 4.79 Å². The lowest BCUT2D eigenvalue weighted by molar-refractivity contribution is 0.0691. The molecule has 0 unspecified atom stereocenters. The van der Waals surface area contributed by atoms with Crippen molar-refractivity contribution in [3.63, 3.8) is 0 Å². The third kappa shape index (κ3) is 1.80. The van der Waals surface area contributed by atoms with Gasteiger partial charge in [0.1, 0.15) is 16.5 Å². The molecule has 1 aliphatic carbocycles. The maximum atomic E-state index is 10.8. The van der Waals surface area contributed by atoms with Crippen molar-refractivity contribution >= 4 is 17.6 Å². The van der Waals surface area contributed by atoms with Crippen molar-refractivity contribution < 1.29 is 14.6 Å². The molecule has 0 atom stereocenters. The predicted molar refractivity (Wildman–Crippen MR) is 49.9 cm³/mol. The molecule has 0 bridgehead atoms. The predicted octanol–water partition coefficient (Wildman–Crippen LogP) is 1.97. The van der Waals surface area contributed by atoms with Gasteiger partial charge in [0, 0.05) is 6.20 Å². The first-order valence-corrected chi connectivity index (χ1v) is 4.60. The van der Waals surface area contributed by atoms with Crippen molar-refractivity contribution in [3.05, 3.63) is 23.0 Å². The number of aromatic nitrogens is 1. The van der Waals surface area contributed by atoms with Crippen LogP contribution < -0.4 is 4.74 Å². The number of halogens is 1. The Balaban J connectivity index is 2.35. The average Bonchev–Trinajstić information content (AvgIpc) is 2.87. The van der Waals surface area contributed by atoms with Crippen LogP contribution in [0.1, 0.15) is 23.2 Å². The molecule has 0 aromatic carbocycles. The minimum absolute atomic E-state index is 0.0318. The van der Waals surface area contributed by atoms with Crippen LogP contribution in [0.15, 0.2) is 12.3 Å². The Labute approximate surface area is 85.5 Å². The lowest BCUT2D eigenvalue weighted by Crippen LogP contribution is -2.06. The number of rotatable bonds is 3. The first-order valence-electron chi connectivity index (χ1n) is 4.23. The Morgan fingerprint density at radius 2 is 2.36 bits per heavy atom. The molecule has 5 heteroatoms. The molecule has 1 aliphatic rings. The summed E-state index contributed by atoms with van der Waals surface area (Å²) in [5, 5.41) is 8.84. The summed E-state index contributed by atoms with van der Waals surface area (Å²) in [6.45, 7) is 0. The molecule has 0 radical (unpaired) electrons. The molecule has 0 amide bonds. The SMILES string of the molecule is O=C(O)c1c(OC2CC2)ccnc1Cl. The van der Waals surface area contributed by atoms with Crippen molar-refractivity contribution in [1.29, 1.82) is 0 Å². The van der Waals surface area contributed by atoms with Gasteiger partial charge in [0.25, 0.3) is 0 Å². The van der Waals surface area contributed by atoms with Crippen molar-refractivity contribution in [2.75, 3.05) is 0 Å². The number of nitrogens with zero attached hydrogens (tertiary/aromatic N) is 1. The highest BCUT2D eigenvalue weighted by atomic mass is 35.5. The van der Waals surface area contributed by atoms with E-state index >= 15 is 0 Å². The van der Waals surface area contributed by atoms with Crippen LogP contribution in [-0.4, -0.2) is 22.2 Å². The van der Waals surface area contributed by atoms with Gasteiger partial charge in [0.05, 0.1) is 6.10 Å². The minimum atomic E-state index is -1.11. The molecule has 0 spiro atoms. The largest absolute Gasteiger partial charge is 0.489 e. The quantitative estimate of drug-likeness (QED) is 0.780. The summed E-state index contributed by atoms with van der Waals surface area (Å²) in [5.41, 5.74) is -0.0546. The number of carbonyl (C=O) groups is 1. The molecule has 1 saturated carbocycles. The summed E-state index contributed by atoms with van der Waals surface area (Å²) in [7, 11) is 0. The van der Waals surface area contributed by atoms with E-state index in [-0.39, 0.29) is 16.8 Å². The average molecular weight is 214 g/mol. The van der Waals surface area contributed by atoms with Gasteiger partial charge in [0.15, 0.2) is 0 Å². The summed E-state index contributed by atoms with van der Waals surface area (Å²) in [5.74, 6) is -0.807. The second-order valence-electron chi connectivity index (χ2n) is 3.10. The summed E-state index contributed by atoms with van der Waals surface area (Å²) in [6, 6.07) is 1.52. The second kappa shape index (κ2) is 3.46. The molecule has 14 heavy (non-hydrogen) atoms. The number of ether oxygens (including phenoxy) is 1. The minimum Gasteiger partial charge on any atom is -0.489 e. The summed E-state index contributed by atoms with van der Waals surface area (Å²) < 4.78 is 5.39. The zero-order valence-electron chi connectivity index (χ0n) is 7.24. The van der Waals surface area contributed by atoms with Crippen molar-refractivity contribution in [2.45, 2.75) is 18.9 Å². The van der Waals surface area contributed by atoms with E-state index in [1.54, 1.807) is 0 Å². The van der Waals surface area contributed by atoms with Gasteiger partial charge in [-0.2, -0.15) is 0 Å². The molecular formula is C9H8ClNO3. The summed E-state index contributed by atoms with van der Waals surface area (Å²) in [4.78, 5) is 14.5. The first kappa shape index (κ1) is 9.27. The third-order valence-electron chi connectivity index (χ3n) is 1.90. The van der Waals surface area contributed by atoms with Crippen LogP contribution in [0.5, 0.6) is 5.75 Å². The molecule has 2 rings (SSSR count). The molecule has 0 aliphatic heterocycles. The number of hydrogen-bond donors (Lipinski definition) is 1. The second-order valence-corrected chi connectivity index (χ2v) is 3.46. The van der Waals surface area contributed by atoms with Crippen molar-refractivity contribution in [2.24, 2.45) is 0 Å². The smallest absolute Gasteiger partial charge is 0.342 e. The van der Waals surface area contributed by atoms with Crippen LogP contribution in [0.3, 0.4) is 0 Å². The molecule has 1 fully saturated rings. The molecule has 1 aromatic rings. The fourth-order valence-electron chi connectivity index (χ4n) is 1.08. The van der Waals surface area contributed by atoms with Gasteiger partial charge in [-0.1, -0.05) is 11.6 Å². The maximum Gasteiger partial charge on any atom is 0.342 e. The Morgan fingerprint density at radius 1 is 1.64 bits per heavy atom. The Hall–Kier alpha value is -1.29. The third-order valence-corrected chi connectivity index (χ3v) is 2.18. The van der Waals surface area contributed by atoms with Gasteiger partial charge in [-0.3, -0.25) is 0 Å². The monoisotopic (exact) mass is 213 g/mol. The molecule has 1 N–H and O–H groups in total. The Morgan fingerprint density at radius 3 is 2.93 bits per heavy atom. The lowest BCUT2D eigenvalue weighted by atomic mass is 10.2. The molecule has 0 saturated heterocycles. The van der Waals surface area contributed by atoms with E-state index in [0.29, 0.717) is 5.75 Å². The van der Waals surface area contributed by atoms with Gasteiger partial charge in [0.2, 0.25) is 0 Å². The van der Waals surface area contributed by atoms with Gasteiger partial charge in [-0.05, 0) is 18.9 Å². The molecular weight excluding hydrogens is 206 g/mol. The van der Waals surface area contributed by atoms with Crippen LogP contribution in [-0.2, 0) is 0 Å². The number of carboxylic acid groups (broad SMARTS) is 1. The summed E-state index contributed by atoms with van der Waals surface area (Å²) in [6.07, 6.45) is 3.52. The normalized spacial score (nSPS) is 15.2. The van der Waals surface area contributed by atoms with E-state index in [1.807, 2.05) is 0 Å². The van der Waals surface area contributed by atoms with E-state index in [4.69, 9.17) is 21.4 Å². The highest BCUT2D eigenvalue weighted by Gasteiger charge is 2.26. The Bertz CT molecular complexity index is 376. The van der Waals surface area contributed by atoms with E-state index in [2.05, 4.69) is 4.98 Å². The molecule has 1 aromatic heterocycles. The maximum absolute atomic E-state index is 10.8. The number of aromatic carboxylic acids is 1. The van der Waals surface area contributed by atoms with Gasteiger partial charge < -0.3 is 9.84 Å². The topological polar surface area (TPSA) is 59.4 Å². The molecule has 1 heterocycles. The highest BCUT2D eigenvalue weighted by molar-refractivity contribution is 6.32. The number of carboxylic acids is 1. The lowest BCUT2D eigenvalue weighted by Gasteiger charge is -2.07. The first-order chi connectivity index (χ1) is 6.68.